The number of aliphatic hydroxyl groups is 1. The van der Waals surface area contributed by atoms with Crippen molar-refractivity contribution in [2.75, 3.05) is 6.54 Å². The van der Waals surface area contributed by atoms with E-state index >= 15 is 0 Å². The third kappa shape index (κ3) is 4.33. The smallest absolute Gasteiger partial charge is 0.241 e. The van der Waals surface area contributed by atoms with Crippen LogP contribution in [0, 0.1) is 6.92 Å². The van der Waals surface area contributed by atoms with Gasteiger partial charge in [-0.3, -0.25) is 0 Å². The fraction of sp³-hybridized carbons (Fsp3) is 0.600. The molecular weight excluding hydrogens is 326 g/mol. The van der Waals surface area contributed by atoms with Gasteiger partial charge in [0.25, 0.3) is 0 Å². The Bertz CT molecular complexity index is 470. The van der Waals surface area contributed by atoms with E-state index in [2.05, 4.69) is 20.7 Å². The third-order valence-electron chi connectivity index (χ3n) is 2.26. The van der Waals surface area contributed by atoms with Crippen molar-refractivity contribution in [1.29, 1.82) is 0 Å². The Hall–Kier alpha value is 0.0500. The standard InChI is InChI=1S/C10H16BrNO3S2/c1-3-4-8(13)6-12-17(14,15)9-5-10(11)16-7(9)2/h5,8,12-13H,3-4,6H2,1-2H3. The molecule has 17 heavy (non-hydrogen) atoms. The fourth-order valence-corrected chi connectivity index (χ4v) is 4.90. The molecule has 98 valence electrons. The number of aryl methyl sites for hydroxylation is 1. The SMILES string of the molecule is CCCC(O)CNS(=O)(=O)c1cc(Br)sc1C. The summed E-state index contributed by atoms with van der Waals surface area (Å²) in [5.74, 6) is 0. The maximum absolute atomic E-state index is 11.9. The van der Waals surface area contributed by atoms with Crippen molar-refractivity contribution >= 4 is 37.3 Å². The second-order valence-corrected chi connectivity index (χ2v) is 8.14. The number of sulfonamides is 1. The van der Waals surface area contributed by atoms with Crippen LogP contribution in [-0.2, 0) is 10.0 Å². The van der Waals surface area contributed by atoms with Crippen LogP contribution in [0.2, 0.25) is 0 Å². The average molecular weight is 342 g/mol. The Labute approximate surface area is 114 Å². The monoisotopic (exact) mass is 341 g/mol. The van der Waals surface area contributed by atoms with E-state index in [1.54, 1.807) is 13.0 Å². The van der Waals surface area contributed by atoms with Crippen LogP contribution in [0.1, 0.15) is 24.6 Å². The van der Waals surface area contributed by atoms with Crippen LogP contribution < -0.4 is 4.72 Å². The summed E-state index contributed by atoms with van der Waals surface area (Å²) in [5.41, 5.74) is 0. The highest BCUT2D eigenvalue weighted by molar-refractivity contribution is 9.11. The molecule has 7 heteroatoms. The lowest BCUT2D eigenvalue weighted by Gasteiger charge is -2.10. The van der Waals surface area contributed by atoms with E-state index in [1.807, 2.05) is 6.92 Å². The summed E-state index contributed by atoms with van der Waals surface area (Å²) in [6.07, 6.45) is 0.790. The molecule has 0 radical (unpaired) electrons. The molecule has 4 nitrogen and oxygen atoms in total. The number of hydrogen-bond acceptors (Lipinski definition) is 4. The molecule has 1 atom stereocenters. The van der Waals surface area contributed by atoms with Gasteiger partial charge >= 0.3 is 0 Å². The zero-order valence-electron chi connectivity index (χ0n) is 9.73. The van der Waals surface area contributed by atoms with Gasteiger partial charge in [0.1, 0.15) is 0 Å². The molecule has 0 aliphatic rings. The number of thiophene rings is 1. The summed E-state index contributed by atoms with van der Waals surface area (Å²) in [6, 6.07) is 1.58. The number of hydrogen-bond donors (Lipinski definition) is 2. The van der Waals surface area contributed by atoms with Crippen molar-refractivity contribution in [2.45, 2.75) is 37.7 Å². The second-order valence-electron chi connectivity index (χ2n) is 3.77. The van der Waals surface area contributed by atoms with Crippen LogP contribution >= 0.6 is 27.3 Å². The molecule has 0 aromatic carbocycles. The summed E-state index contributed by atoms with van der Waals surface area (Å²) >= 11 is 4.63. The molecule has 1 rings (SSSR count). The Balaban J connectivity index is 2.73. The first-order valence-electron chi connectivity index (χ1n) is 5.30. The number of aliphatic hydroxyl groups excluding tert-OH is 1. The van der Waals surface area contributed by atoms with Gasteiger partial charge in [-0.1, -0.05) is 13.3 Å². The summed E-state index contributed by atoms with van der Waals surface area (Å²) in [5, 5.41) is 9.50. The second kappa shape index (κ2) is 6.29. The Morgan fingerprint density at radius 1 is 1.59 bits per heavy atom. The minimum Gasteiger partial charge on any atom is -0.392 e. The molecule has 0 saturated carbocycles. The van der Waals surface area contributed by atoms with E-state index in [0.717, 1.165) is 15.1 Å². The molecule has 0 fully saturated rings. The molecule has 1 aromatic rings. The Morgan fingerprint density at radius 2 is 2.24 bits per heavy atom. The van der Waals surface area contributed by atoms with Crippen LogP contribution in [0.5, 0.6) is 0 Å². The summed E-state index contributed by atoms with van der Waals surface area (Å²) in [4.78, 5) is 1.01. The zero-order chi connectivity index (χ0) is 13.1. The average Bonchev–Trinajstić information content (AvgIpc) is 2.56. The van der Waals surface area contributed by atoms with Crippen LogP contribution in [0.4, 0.5) is 0 Å². The summed E-state index contributed by atoms with van der Waals surface area (Å²) in [6.45, 7) is 3.76. The minimum atomic E-state index is -3.51. The van der Waals surface area contributed by atoms with E-state index in [9.17, 15) is 13.5 Å². The molecule has 0 aliphatic heterocycles. The lowest BCUT2D eigenvalue weighted by molar-refractivity contribution is 0.167. The molecule has 0 aliphatic carbocycles. The van der Waals surface area contributed by atoms with Crippen LogP contribution in [-0.4, -0.2) is 26.2 Å². The van der Waals surface area contributed by atoms with Gasteiger partial charge in [0.15, 0.2) is 0 Å². The van der Waals surface area contributed by atoms with Gasteiger partial charge < -0.3 is 5.11 Å². The van der Waals surface area contributed by atoms with Crippen molar-refractivity contribution in [3.8, 4) is 0 Å². The van der Waals surface area contributed by atoms with E-state index in [-0.39, 0.29) is 11.4 Å². The van der Waals surface area contributed by atoms with Gasteiger partial charge in [-0.2, -0.15) is 0 Å². The largest absolute Gasteiger partial charge is 0.392 e. The third-order valence-corrected chi connectivity index (χ3v) is 5.50. The van der Waals surface area contributed by atoms with Crippen LogP contribution in [0.25, 0.3) is 0 Å². The Kier molecular flexibility index (Phi) is 5.59. The highest BCUT2D eigenvalue weighted by Gasteiger charge is 2.20. The van der Waals surface area contributed by atoms with E-state index < -0.39 is 16.1 Å². The first-order chi connectivity index (χ1) is 7.86. The van der Waals surface area contributed by atoms with Crippen molar-refractivity contribution in [2.24, 2.45) is 0 Å². The maximum Gasteiger partial charge on any atom is 0.241 e. The predicted molar refractivity (Wildman–Crippen MR) is 72.9 cm³/mol. The van der Waals surface area contributed by atoms with Gasteiger partial charge in [0, 0.05) is 11.4 Å². The van der Waals surface area contributed by atoms with Crippen molar-refractivity contribution < 1.29 is 13.5 Å². The minimum absolute atomic E-state index is 0.0586. The van der Waals surface area contributed by atoms with Crippen molar-refractivity contribution in [3.05, 3.63) is 14.7 Å². The van der Waals surface area contributed by atoms with Crippen LogP contribution in [0.3, 0.4) is 0 Å². The van der Waals surface area contributed by atoms with E-state index in [1.165, 1.54) is 11.3 Å². The van der Waals surface area contributed by atoms with E-state index in [0.29, 0.717) is 6.42 Å². The molecule has 1 unspecified atom stereocenters. The normalized spacial score (nSPS) is 13.9. The maximum atomic E-state index is 11.9. The number of nitrogens with one attached hydrogen (secondary N) is 1. The topological polar surface area (TPSA) is 66.4 Å². The molecule has 0 bridgehead atoms. The fourth-order valence-electron chi connectivity index (χ4n) is 1.42. The molecule has 1 aromatic heterocycles. The lowest BCUT2D eigenvalue weighted by Crippen LogP contribution is -2.32. The first kappa shape index (κ1) is 15.1. The zero-order valence-corrected chi connectivity index (χ0v) is 13.0. The highest BCUT2D eigenvalue weighted by Crippen LogP contribution is 2.29. The molecule has 0 spiro atoms. The lowest BCUT2D eigenvalue weighted by atomic mass is 10.2. The highest BCUT2D eigenvalue weighted by atomic mass is 79.9. The van der Waals surface area contributed by atoms with Crippen LogP contribution in [0.15, 0.2) is 14.7 Å². The number of rotatable bonds is 6. The van der Waals surface area contributed by atoms with E-state index in [4.69, 9.17) is 0 Å². The molecular formula is C10H16BrNO3S2. The first-order valence-corrected chi connectivity index (χ1v) is 8.39. The van der Waals surface area contributed by atoms with Gasteiger partial charge in [-0.15, -0.1) is 11.3 Å². The summed E-state index contributed by atoms with van der Waals surface area (Å²) < 4.78 is 27.1. The van der Waals surface area contributed by atoms with Crippen molar-refractivity contribution in [3.63, 3.8) is 0 Å². The quantitative estimate of drug-likeness (QED) is 0.833. The van der Waals surface area contributed by atoms with Gasteiger partial charge in [0.05, 0.1) is 14.8 Å². The molecule has 0 saturated heterocycles. The van der Waals surface area contributed by atoms with Crippen molar-refractivity contribution in [1.82, 2.24) is 4.72 Å². The number of halogens is 1. The van der Waals surface area contributed by atoms with Gasteiger partial charge in [0.2, 0.25) is 10.0 Å². The summed E-state index contributed by atoms with van der Waals surface area (Å²) in [7, 11) is -3.51. The van der Waals surface area contributed by atoms with Gasteiger partial charge in [-0.25, -0.2) is 13.1 Å². The molecule has 2 N–H and O–H groups in total. The molecule has 0 amide bonds. The predicted octanol–water partition coefficient (Wildman–Crippen LogP) is 2.26. The molecule has 1 heterocycles. The Morgan fingerprint density at radius 3 is 2.71 bits per heavy atom. The van der Waals surface area contributed by atoms with Gasteiger partial charge in [-0.05, 0) is 35.3 Å².